The molecule has 1 aliphatic rings. The van der Waals surface area contributed by atoms with E-state index in [0.717, 1.165) is 43.0 Å². The van der Waals surface area contributed by atoms with Gasteiger partial charge >= 0.3 is 11.9 Å². The van der Waals surface area contributed by atoms with E-state index in [1.54, 1.807) is 0 Å². The van der Waals surface area contributed by atoms with Crippen LogP contribution in [0.5, 0.6) is 0 Å². The minimum Gasteiger partial charge on any atom is -0.479 e. The number of aliphatic carboxylic acids is 2. The lowest BCUT2D eigenvalue weighted by Crippen LogP contribution is -2.39. The largest absolute Gasteiger partial charge is 0.479 e. The highest BCUT2D eigenvalue weighted by atomic mass is 16.5. The van der Waals surface area contributed by atoms with Crippen LogP contribution in [0.3, 0.4) is 0 Å². The van der Waals surface area contributed by atoms with E-state index in [2.05, 4.69) is 40.2 Å². The van der Waals surface area contributed by atoms with Crippen LogP contribution >= 0.6 is 0 Å². The number of carbonyl (C=O) groups excluding carboxylic acids is 1. The predicted molar refractivity (Wildman–Crippen MR) is 126 cm³/mol. The van der Waals surface area contributed by atoms with E-state index < -0.39 is 24.1 Å². The van der Waals surface area contributed by atoms with Gasteiger partial charge in [-0.25, -0.2) is 9.59 Å². The average molecular weight is 491 g/mol. The highest BCUT2D eigenvalue weighted by molar-refractivity contribution is 5.83. The Kier molecular flexibility index (Phi) is 10.5. The van der Waals surface area contributed by atoms with Crippen molar-refractivity contribution in [3.8, 4) is 11.1 Å². The van der Waals surface area contributed by atoms with Gasteiger partial charge in [0.15, 0.2) is 12.2 Å². The number of carboxylic acid groups (broad SMARTS) is 2. The molecule has 2 atom stereocenters. The van der Waals surface area contributed by atoms with Crippen molar-refractivity contribution in [2.24, 2.45) is 5.73 Å². The first-order valence-electron chi connectivity index (χ1n) is 10.7. The normalized spacial score (nSPS) is 15.0. The molecule has 0 saturated carbocycles. The van der Waals surface area contributed by atoms with Gasteiger partial charge in [0.1, 0.15) is 0 Å². The maximum absolute atomic E-state index is 11.0. The molecule has 0 radical (unpaired) electrons. The van der Waals surface area contributed by atoms with Gasteiger partial charge in [-0.3, -0.25) is 14.7 Å². The molecule has 35 heavy (non-hydrogen) atoms. The fourth-order valence-corrected chi connectivity index (χ4v) is 3.32. The van der Waals surface area contributed by atoms with Gasteiger partial charge in [0.2, 0.25) is 5.91 Å². The summed E-state index contributed by atoms with van der Waals surface area (Å²) in [7, 11) is 1.87. The standard InChI is InChI=1S/C19H24N4O2.C4H6O6/c1-22(14-19(20)24)13-15-10-17(12-21-11-15)16-2-4-18(5-3-16)23-6-8-25-9-7-23;5-1(3(7)8)2(6)4(9)10/h2-5,10-12H,6-9,13-14H2,1H3,(H2,20,24);1-2,5-6H,(H,7,8)(H,9,10)/t;1-,2-/m.1/s1. The van der Waals surface area contributed by atoms with Crippen molar-refractivity contribution in [2.75, 3.05) is 44.8 Å². The minimum atomic E-state index is -2.27. The highest BCUT2D eigenvalue weighted by Crippen LogP contribution is 2.24. The summed E-state index contributed by atoms with van der Waals surface area (Å²) in [6.07, 6.45) is -0.847. The molecule has 12 heteroatoms. The van der Waals surface area contributed by atoms with E-state index in [9.17, 15) is 14.4 Å². The van der Waals surface area contributed by atoms with Crippen molar-refractivity contribution < 1.29 is 39.5 Å². The number of carboxylic acids is 2. The van der Waals surface area contributed by atoms with Crippen molar-refractivity contribution >= 4 is 23.5 Å². The summed E-state index contributed by atoms with van der Waals surface area (Å²) in [6, 6.07) is 10.6. The molecule has 0 spiro atoms. The molecular formula is C23H30N4O8. The number of nitrogens with two attached hydrogens (primary N) is 1. The molecule has 1 aliphatic heterocycles. The van der Waals surface area contributed by atoms with Crippen LogP contribution in [0.2, 0.25) is 0 Å². The van der Waals surface area contributed by atoms with Gasteiger partial charge in [-0.15, -0.1) is 0 Å². The van der Waals surface area contributed by atoms with Gasteiger partial charge in [-0.2, -0.15) is 0 Å². The maximum Gasteiger partial charge on any atom is 0.335 e. The second-order valence-electron chi connectivity index (χ2n) is 7.93. The number of benzene rings is 1. The highest BCUT2D eigenvalue weighted by Gasteiger charge is 2.29. The van der Waals surface area contributed by atoms with Gasteiger partial charge in [-0.05, 0) is 36.4 Å². The van der Waals surface area contributed by atoms with Gasteiger partial charge in [-0.1, -0.05) is 12.1 Å². The summed E-state index contributed by atoms with van der Waals surface area (Å²) in [6.45, 7) is 4.30. The number of primary amides is 1. The topological polar surface area (TPSA) is 187 Å². The summed E-state index contributed by atoms with van der Waals surface area (Å²) in [4.78, 5) is 39.1. The molecular weight excluding hydrogens is 460 g/mol. The number of morpholine rings is 1. The number of carbonyl (C=O) groups is 3. The van der Waals surface area contributed by atoms with Crippen LogP contribution in [0.15, 0.2) is 42.7 Å². The zero-order valence-electron chi connectivity index (χ0n) is 19.3. The molecule has 0 unspecified atom stereocenters. The lowest BCUT2D eigenvalue weighted by molar-refractivity contribution is -0.165. The van der Waals surface area contributed by atoms with Crippen LogP contribution in [0.1, 0.15) is 5.56 Å². The van der Waals surface area contributed by atoms with Crippen LogP contribution in [-0.4, -0.2) is 100 Å². The van der Waals surface area contributed by atoms with E-state index in [4.69, 9.17) is 30.9 Å². The molecule has 12 nitrogen and oxygen atoms in total. The molecule has 0 bridgehead atoms. The van der Waals surface area contributed by atoms with Crippen molar-refractivity contribution in [3.05, 3.63) is 48.3 Å². The SMILES string of the molecule is CN(CC(N)=O)Cc1cncc(-c2ccc(N3CCOCC3)cc2)c1.O=C(O)[C@H](O)[C@@H](O)C(=O)O. The quantitative estimate of drug-likeness (QED) is 0.301. The molecule has 1 aromatic carbocycles. The molecule has 1 amide bonds. The fourth-order valence-electron chi connectivity index (χ4n) is 3.32. The number of nitrogens with zero attached hydrogens (tertiary/aromatic N) is 3. The van der Waals surface area contributed by atoms with Crippen LogP contribution in [0, 0.1) is 0 Å². The number of ether oxygens (including phenoxy) is 1. The Labute approximate surface area is 202 Å². The lowest BCUT2D eigenvalue weighted by atomic mass is 10.1. The number of amides is 1. The maximum atomic E-state index is 11.0. The second kappa shape index (κ2) is 13.3. The van der Waals surface area contributed by atoms with Crippen LogP contribution in [-0.2, 0) is 25.7 Å². The average Bonchev–Trinajstić information content (AvgIpc) is 2.83. The number of likely N-dealkylation sites (N-methyl/N-ethyl adjacent to an activating group) is 1. The van der Waals surface area contributed by atoms with Crippen LogP contribution in [0.4, 0.5) is 5.69 Å². The molecule has 2 aromatic rings. The molecule has 1 aromatic heterocycles. The monoisotopic (exact) mass is 490 g/mol. The molecule has 0 aliphatic carbocycles. The summed E-state index contributed by atoms with van der Waals surface area (Å²) in [5, 5.41) is 32.5. The van der Waals surface area contributed by atoms with E-state index in [1.807, 2.05) is 24.3 Å². The summed E-state index contributed by atoms with van der Waals surface area (Å²) in [5.74, 6) is -3.87. The predicted octanol–water partition coefficient (Wildman–Crippen LogP) is -0.620. The van der Waals surface area contributed by atoms with E-state index in [-0.39, 0.29) is 12.5 Å². The van der Waals surface area contributed by atoms with Gasteiger partial charge in [0, 0.05) is 43.3 Å². The van der Waals surface area contributed by atoms with Crippen molar-refractivity contribution in [1.82, 2.24) is 9.88 Å². The van der Waals surface area contributed by atoms with Crippen molar-refractivity contribution in [1.29, 1.82) is 0 Å². The zero-order valence-corrected chi connectivity index (χ0v) is 19.3. The minimum absolute atomic E-state index is 0.235. The number of anilines is 1. The molecule has 6 N–H and O–H groups in total. The number of aromatic nitrogens is 1. The first-order chi connectivity index (χ1) is 16.6. The molecule has 1 fully saturated rings. The summed E-state index contributed by atoms with van der Waals surface area (Å²) >= 11 is 0. The van der Waals surface area contributed by atoms with Gasteiger partial charge in [0.05, 0.1) is 19.8 Å². The van der Waals surface area contributed by atoms with Crippen LogP contribution in [0.25, 0.3) is 11.1 Å². The van der Waals surface area contributed by atoms with Crippen molar-refractivity contribution in [3.63, 3.8) is 0 Å². The van der Waals surface area contributed by atoms with E-state index in [1.165, 1.54) is 5.69 Å². The third-order valence-electron chi connectivity index (χ3n) is 5.06. The van der Waals surface area contributed by atoms with Gasteiger partial charge < -0.3 is 35.8 Å². The zero-order chi connectivity index (χ0) is 26.0. The molecule has 190 valence electrons. The lowest BCUT2D eigenvalue weighted by Gasteiger charge is -2.28. The summed E-state index contributed by atoms with van der Waals surface area (Å²) < 4.78 is 5.40. The van der Waals surface area contributed by atoms with E-state index in [0.29, 0.717) is 6.54 Å². The Morgan fingerprint density at radius 1 is 1.03 bits per heavy atom. The first kappa shape index (κ1) is 27.7. The number of hydrogen-bond donors (Lipinski definition) is 5. The van der Waals surface area contributed by atoms with E-state index >= 15 is 0 Å². The number of rotatable bonds is 9. The third kappa shape index (κ3) is 8.94. The van der Waals surface area contributed by atoms with Gasteiger partial charge in [0.25, 0.3) is 0 Å². The smallest absolute Gasteiger partial charge is 0.335 e. The molecule has 2 heterocycles. The fraction of sp³-hybridized carbons (Fsp3) is 0.391. The first-order valence-corrected chi connectivity index (χ1v) is 10.7. The molecule has 3 rings (SSSR count). The summed E-state index contributed by atoms with van der Waals surface area (Å²) in [5.41, 5.74) is 9.71. The Bertz CT molecular complexity index is 977. The van der Waals surface area contributed by atoms with Crippen LogP contribution < -0.4 is 10.6 Å². The van der Waals surface area contributed by atoms with Crippen molar-refractivity contribution in [2.45, 2.75) is 18.8 Å². The Hall–Kier alpha value is -3.58. The number of hydrogen-bond acceptors (Lipinski definition) is 9. The number of aliphatic hydroxyl groups is 2. The second-order valence-corrected chi connectivity index (χ2v) is 7.93. The Balaban J connectivity index is 0.000000367. The molecule has 1 saturated heterocycles. The Morgan fingerprint density at radius 2 is 1.60 bits per heavy atom. The number of pyridine rings is 1. The Morgan fingerprint density at radius 3 is 2.11 bits per heavy atom. The third-order valence-corrected chi connectivity index (χ3v) is 5.06. The number of aliphatic hydroxyl groups excluding tert-OH is 2.